The van der Waals surface area contributed by atoms with E-state index in [2.05, 4.69) is 24.5 Å². The zero-order valence-corrected chi connectivity index (χ0v) is 35.0. The molecule has 2 heterocycles. The van der Waals surface area contributed by atoms with E-state index in [1.165, 1.54) is 154 Å². The number of carbonyl (C=O) groups excluding carboxylic acids is 2. The standard InChI is InChI=1S/C25H44N2O.C19H32N2O.2ClH/c1-2-3-4-5-6-7-8-9-10-11-12-13-14-15-16-18-21-26-25(28)24-27-22-19-17-20-23-27;1-2-3-4-5-6-7-8-9-10-12-15-20-19(22)18-21-16-13-11-14-17-21;;/h17,19-20,22-23H,2-16,18,21,24H2,1H3;11,13-14,16-17H,2-10,12,15,18H2,1H3;2*1H. The summed E-state index contributed by atoms with van der Waals surface area (Å²) in [5, 5.41) is 6.02. The van der Waals surface area contributed by atoms with Crippen LogP contribution in [0.5, 0.6) is 0 Å². The molecule has 0 radical (unpaired) electrons. The van der Waals surface area contributed by atoms with Crippen molar-refractivity contribution >= 4 is 11.8 Å². The van der Waals surface area contributed by atoms with Crippen LogP contribution in [0.3, 0.4) is 0 Å². The Hall–Kier alpha value is -2.18. The first-order chi connectivity index (χ1) is 24.7. The molecule has 0 spiro atoms. The zero-order valence-electron chi connectivity index (χ0n) is 33.5. The van der Waals surface area contributed by atoms with Crippen molar-refractivity contribution < 1.29 is 43.5 Å². The third-order valence-electron chi connectivity index (χ3n) is 9.41. The van der Waals surface area contributed by atoms with Crippen molar-refractivity contribution in [2.75, 3.05) is 13.1 Å². The number of hydrogen-bond donors (Lipinski definition) is 2. The van der Waals surface area contributed by atoms with Gasteiger partial charge < -0.3 is 35.4 Å². The van der Waals surface area contributed by atoms with Crippen molar-refractivity contribution in [3.05, 3.63) is 61.2 Å². The van der Waals surface area contributed by atoms with Crippen molar-refractivity contribution in [3.63, 3.8) is 0 Å². The second-order valence-corrected chi connectivity index (χ2v) is 14.3. The molecule has 2 amide bonds. The van der Waals surface area contributed by atoms with Crippen LogP contribution in [-0.4, -0.2) is 24.9 Å². The highest BCUT2D eigenvalue weighted by Gasteiger charge is 2.08. The maximum absolute atomic E-state index is 11.8. The zero-order chi connectivity index (χ0) is 36.0. The number of carbonyl (C=O) groups is 2. The number of rotatable bonds is 32. The van der Waals surface area contributed by atoms with Crippen molar-refractivity contribution in [1.29, 1.82) is 0 Å². The highest BCUT2D eigenvalue weighted by molar-refractivity contribution is 5.74. The molecule has 0 aromatic carbocycles. The Morgan fingerprint density at radius 3 is 0.846 bits per heavy atom. The van der Waals surface area contributed by atoms with Crippen LogP contribution < -0.4 is 44.6 Å². The van der Waals surface area contributed by atoms with Gasteiger partial charge in [-0.05, 0) is 12.8 Å². The molecule has 2 rings (SSSR count). The van der Waals surface area contributed by atoms with E-state index in [1.807, 2.05) is 70.3 Å². The highest BCUT2D eigenvalue weighted by atomic mass is 35.5. The van der Waals surface area contributed by atoms with E-state index in [9.17, 15) is 9.59 Å². The smallest absolute Gasteiger partial charge is 0.285 e. The van der Waals surface area contributed by atoms with E-state index in [-0.39, 0.29) is 36.6 Å². The summed E-state index contributed by atoms with van der Waals surface area (Å²) in [7, 11) is 0. The fourth-order valence-corrected chi connectivity index (χ4v) is 6.26. The quantitative estimate of drug-likeness (QED) is 0.0860. The Morgan fingerprint density at radius 2 is 0.596 bits per heavy atom. The van der Waals surface area contributed by atoms with E-state index in [0.29, 0.717) is 13.1 Å². The summed E-state index contributed by atoms with van der Waals surface area (Å²) in [6, 6.07) is 11.7. The molecular formula is C44H78Cl2N4O2. The number of amides is 2. The molecule has 0 aliphatic carbocycles. The lowest BCUT2D eigenvalue weighted by Crippen LogP contribution is -3.00. The van der Waals surface area contributed by atoms with Gasteiger partial charge in [0.05, 0.1) is 0 Å². The molecule has 0 atom stereocenters. The molecule has 0 aliphatic heterocycles. The van der Waals surface area contributed by atoms with Gasteiger partial charge in [-0.25, -0.2) is 0 Å². The predicted octanol–water partition coefficient (Wildman–Crippen LogP) is 4.37. The first-order valence-corrected chi connectivity index (χ1v) is 21.1. The second-order valence-electron chi connectivity index (χ2n) is 14.3. The summed E-state index contributed by atoms with van der Waals surface area (Å²) in [5.74, 6) is 0.212. The molecule has 8 heteroatoms. The third-order valence-corrected chi connectivity index (χ3v) is 9.41. The highest BCUT2D eigenvalue weighted by Crippen LogP contribution is 2.14. The molecule has 300 valence electrons. The number of unbranched alkanes of at least 4 members (excludes halogenated alkanes) is 24. The molecule has 52 heavy (non-hydrogen) atoms. The van der Waals surface area contributed by atoms with E-state index in [4.69, 9.17) is 0 Å². The first-order valence-electron chi connectivity index (χ1n) is 21.1. The Bertz CT molecular complexity index is 1010. The van der Waals surface area contributed by atoms with Gasteiger partial charge in [0.25, 0.3) is 11.8 Å². The van der Waals surface area contributed by atoms with Gasteiger partial charge in [-0.15, -0.1) is 0 Å². The van der Waals surface area contributed by atoms with Crippen LogP contribution in [0.2, 0.25) is 0 Å². The van der Waals surface area contributed by atoms with Crippen molar-refractivity contribution in [1.82, 2.24) is 10.6 Å². The van der Waals surface area contributed by atoms with Gasteiger partial charge in [0, 0.05) is 37.4 Å². The van der Waals surface area contributed by atoms with Gasteiger partial charge in [-0.2, -0.15) is 9.13 Å². The molecule has 2 aromatic heterocycles. The second kappa shape index (κ2) is 41.6. The molecule has 6 nitrogen and oxygen atoms in total. The molecule has 0 aliphatic rings. The van der Waals surface area contributed by atoms with Gasteiger partial charge in [0.1, 0.15) is 0 Å². The minimum atomic E-state index is 0. The Balaban J connectivity index is 0. The maximum Gasteiger partial charge on any atom is 0.285 e. The molecule has 0 bridgehead atoms. The topological polar surface area (TPSA) is 66.0 Å². The minimum absolute atomic E-state index is 0. The molecule has 2 N–H and O–H groups in total. The van der Waals surface area contributed by atoms with Gasteiger partial charge in [-0.3, -0.25) is 9.59 Å². The van der Waals surface area contributed by atoms with Crippen LogP contribution in [0.15, 0.2) is 61.2 Å². The summed E-state index contributed by atoms with van der Waals surface area (Å²) in [6.07, 6.45) is 43.0. The first kappa shape index (κ1) is 51.9. The summed E-state index contributed by atoms with van der Waals surface area (Å²) in [5.41, 5.74) is 0. The fraction of sp³-hybridized carbons (Fsp3) is 0.727. The van der Waals surface area contributed by atoms with Crippen LogP contribution in [0.4, 0.5) is 0 Å². The molecule has 0 saturated heterocycles. The normalized spacial score (nSPS) is 10.3. The average Bonchev–Trinajstić information content (AvgIpc) is 3.13. The summed E-state index contributed by atoms with van der Waals surface area (Å²) >= 11 is 0. The van der Waals surface area contributed by atoms with Crippen LogP contribution >= 0.6 is 0 Å². The van der Waals surface area contributed by atoms with Crippen LogP contribution in [0.25, 0.3) is 0 Å². The van der Waals surface area contributed by atoms with E-state index in [1.54, 1.807) is 0 Å². The number of hydrogen-bond acceptors (Lipinski definition) is 2. The van der Waals surface area contributed by atoms with E-state index >= 15 is 0 Å². The lowest BCUT2D eigenvalue weighted by Gasteiger charge is -2.04. The van der Waals surface area contributed by atoms with E-state index in [0.717, 1.165) is 25.9 Å². The number of pyridine rings is 2. The van der Waals surface area contributed by atoms with Gasteiger partial charge in [0.2, 0.25) is 13.1 Å². The van der Waals surface area contributed by atoms with Crippen LogP contribution in [-0.2, 0) is 22.7 Å². The lowest BCUT2D eigenvalue weighted by atomic mass is 10.0. The molecular weight excluding hydrogens is 687 g/mol. The average molecular weight is 766 g/mol. The summed E-state index contributed by atoms with van der Waals surface area (Å²) < 4.78 is 3.80. The maximum atomic E-state index is 11.8. The van der Waals surface area contributed by atoms with Gasteiger partial charge in [-0.1, -0.05) is 180 Å². The molecule has 0 saturated carbocycles. The fourth-order valence-electron chi connectivity index (χ4n) is 6.26. The SMILES string of the molecule is CCCCCCCCCCCCCCCCCCNC(=O)C[n+]1ccccc1.CCCCCCCCCCCCNC(=O)C[n+]1ccccc1.[Cl-].[Cl-]. The minimum Gasteiger partial charge on any atom is -1.00 e. The Labute approximate surface area is 332 Å². The van der Waals surface area contributed by atoms with Crippen LogP contribution in [0.1, 0.15) is 181 Å². The van der Waals surface area contributed by atoms with E-state index < -0.39 is 0 Å². The monoisotopic (exact) mass is 765 g/mol. The molecule has 2 aromatic rings. The van der Waals surface area contributed by atoms with Gasteiger partial charge in [0.15, 0.2) is 24.8 Å². The van der Waals surface area contributed by atoms with Crippen molar-refractivity contribution in [3.8, 4) is 0 Å². The lowest BCUT2D eigenvalue weighted by molar-refractivity contribution is -0.684. The third kappa shape index (κ3) is 36.2. The Morgan fingerprint density at radius 1 is 0.365 bits per heavy atom. The number of aromatic nitrogens is 2. The van der Waals surface area contributed by atoms with Crippen molar-refractivity contribution in [2.45, 2.75) is 194 Å². The largest absolute Gasteiger partial charge is 1.00 e. The summed E-state index contributed by atoms with van der Waals surface area (Å²) in [6.45, 7) is 7.00. The number of nitrogens with one attached hydrogen (secondary N) is 2. The number of nitrogens with zero attached hydrogens (tertiary/aromatic N) is 2. The Kier molecular flexibility index (Phi) is 41.5. The summed E-state index contributed by atoms with van der Waals surface area (Å²) in [4.78, 5) is 23.6. The molecule has 0 unspecified atom stereocenters. The van der Waals surface area contributed by atoms with Crippen LogP contribution in [0, 0.1) is 0 Å². The van der Waals surface area contributed by atoms with Crippen molar-refractivity contribution in [2.24, 2.45) is 0 Å². The van der Waals surface area contributed by atoms with Gasteiger partial charge >= 0.3 is 0 Å². The predicted molar refractivity (Wildman–Crippen MR) is 211 cm³/mol. The molecule has 0 fully saturated rings. The number of halogens is 2.